The minimum atomic E-state index is -1.27. The maximum atomic E-state index is 4.53. The van der Waals surface area contributed by atoms with Crippen LogP contribution in [0.1, 0.15) is 0 Å². The van der Waals surface area contributed by atoms with Crippen molar-refractivity contribution in [2.45, 2.75) is 0 Å². The van der Waals surface area contributed by atoms with Crippen molar-refractivity contribution in [3.8, 4) is 0 Å². The van der Waals surface area contributed by atoms with E-state index in [1.165, 1.54) is 0 Å². The molecule has 0 saturated heterocycles. The van der Waals surface area contributed by atoms with Crippen molar-refractivity contribution in [1.82, 2.24) is 4.90 Å². The van der Waals surface area contributed by atoms with E-state index in [0.29, 0.717) is 0 Å². The van der Waals surface area contributed by atoms with E-state index >= 15 is 0 Å². The highest BCUT2D eigenvalue weighted by atomic mass is 32.2. The van der Waals surface area contributed by atoms with E-state index in [4.69, 9.17) is 0 Å². The first kappa shape index (κ1) is 11.1. The molecule has 0 saturated carbocycles. The third-order valence-electron chi connectivity index (χ3n) is 0.921. The Bertz CT molecular complexity index is 193. The lowest BCUT2D eigenvalue weighted by atomic mass is 10.9. The summed E-state index contributed by atoms with van der Waals surface area (Å²) in [6.07, 6.45) is 6.06. The van der Waals surface area contributed by atoms with Crippen molar-refractivity contribution in [1.29, 1.82) is 0 Å². The lowest BCUT2D eigenvalue weighted by molar-refractivity contribution is 0.638. The van der Waals surface area contributed by atoms with Crippen molar-refractivity contribution < 1.29 is 0 Å². The Kier molecular flexibility index (Phi) is 4.27. The molecular weight excluding hydrogens is 175 g/mol. The molecule has 0 aliphatic heterocycles. The number of hydrogen-bond donors (Lipinski definition) is 0. The minimum Gasteiger partial charge on any atom is -0.357 e. The molecule has 2 nitrogen and oxygen atoms in total. The third kappa shape index (κ3) is 5.40. The van der Waals surface area contributed by atoms with Crippen LogP contribution in [0.4, 0.5) is 0 Å². The summed E-state index contributed by atoms with van der Waals surface area (Å²) >= 11 is 1.67. The lowest BCUT2D eigenvalue weighted by Crippen LogP contribution is -2.17. The zero-order valence-electron chi connectivity index (χ0n) is 7.96. The molecule has 0 aromatic carbocycles. The van der Waals surface area contributed by atoms with Gasteiger partial charge < -0.3 is 4.90 Å². The molecule has 0 bridgehead atoms. The summed E-state index contributed by atoms with van der Waals surface area (Å²) in [5.41, 5.74) is 0. The number of amidine groups is 1. The molecule has 11 heavy (non-hydrogen) atoms. The molecule has 0 aliphatic rings. The molecule has 4 heteroatoms. The first-order chi connectivity index (χ1) is 4.87. The summed E-state index contributed by atoms with van der Waals surface area (Å²) in [4.78, 5) is 2.03. The second-order valence-corrected chi connectivity index (χ2v) is 7.32. The summed E-state index contributed by atoms with van der Waals surface area (Å²) in [5.74, 6) is 0. The van der Waals surface area contributed by atoms with Crippen molar-refractivity contribution in [2.24, 2.45) is 4.76 Å². The molecule has 0 amide bonds. The van der Waals surface area contributed by atoms with Gasteiger partial charge in [-0.1, -0.05) is 18.1 Å². The maximum Gasteiger partial charge on any atom is 0.161 e. The van der Waals surface area contributed by atoms with Crippen LogP contribution < -0.4 is 0 Å². The fourth-order valence-electron chi connectivity index (χ4n) is 0.544. The zero-order chi connectivity index (χ0) is 9.07. The van der Waals surface area contributed by atoms with E-state index in [2.05, 4.69) is 24.4 Å². The molecule has 0 aromatic rings. The van der Waals surface area contributed by atoms with E-state index in [9.17, 15) is 0 Å². The predicted octanol–water partition coefficient (Wildman–Crippen LogP) is 1.89. The standard InChI is InChI=1S/C7H17N2PS/c1-9(2)7(11-6)8-10(3,4)5/h3H2,1-2,4-6H3. The van der Waals surface area contributed by atoms with Gasteiger partial charge in [-0.3, -0.25) is 0 Å². The van der Waals surface area contributed by atoms with Crippen molar-refractivity contribution in [3.05, 3.63) is 0 Å². The van der Waals surface area contributed by atoms with Crippen molar-refractivity contribution in [3.63, 3.8) is 0 Å². The van der Waals surface area contributed by atoms with Gasteiger partial charge in [0.05, 0.1) is 0 Å². The van der Waals surface area contributed by atoms with E-state index in [1.54, 1.807) is 11.8 Å². The van der Waals surface area contributed by atoms with Crippen LogP contribution in [0.5, 0.6) is 0 Å². The van der Waals surface area contributed by atoms with Crippen molar-refractivity contribution >= 4 is 30.3 Å². The van der Waals surface area contributed by atoms with Crippen LogP contribution in [0.25, 0.3) is 0 Å². The Morgan fingerprint density at radius 3 is 2.00 bits per heavy atom. The molecular formula is C7H17N2PS. The van der Waals surface area contributed by atoms with Gasteiger partial charge in [0.25, 0.3) is 0 Å². The quantitative estimate of drug-likeness (QED) is 0.358. The average Bonchev–Trinajstić information content (AvgIpc) is 1.80. The van der Waals surface area contributed by atoms with Crippen molar-refractivity contribution in [2.75, 3.05) is 33.7 Å². The lowest BCUT2D eigenvalue weighted by Gasteiger charge is -2.16. The monoisotopic (exact) mass is 192 g/mol. The third-order valence-corrected chi connectivity index (χ3v) is 2.61. The molecule has 0 heterocycles. The second kappa shape index (κ2) is 4.22. The van der Waals surface area contributed by atoms with Gasteiger partial charge in [0, 0.05) is 14.1 Å². The fourth-order valence-corrected chi connectivity index (χ4v) is 2.54. The Morgan fingerprint density at radius 1 is 1.45 bits per heavy atom. The summed E-state index contributed by atoms with van der Waals surface area (Å²) in [6, 6.07) is 0. The highest BCUT2D eigenvalue weighted by Gasteiger charge is 2.02. The summed E-state index contributed by atoms with van der Waals surface area (Å²) in [7, 11) is 2.74. The highest BCUT2D eigenvalue weighted by Crippen LogP contribution is 2.38. The molecule has 66 valence electrons. The van der Waals surface area contributed by atoms with E-state index in [0.717, 1.165) is 5.17 Å². The molecule has 0 rings (SSSR count). The first-order valence-electron chi connectivity index (χ1n) is 3.36. The molecule has 0 N–H and O–H groups in total. The van der Waals surface area contributed by atoms with Gasteiger partial charge in [-0.15, -0.1) is 0 Å². The molecule has 0 radical (unpaired) electrons. The van der Waals surface area contributed by atoms with Crippen LogP contribution in [0, 0.1) is 0 Å². The van der Waals surface area contributed by atoms with Crippen LogP contribution in [0.3, 0.4) is 0 Å². The van der Waals surface area contributed by atoms with Crippen LogP contribution in [-0.2, 0) is 0 Å². The van der Waals surface area contributed by atoms with Gasteiger partial charge in [-0.05, 0) is 26.6 Å². The summed E-state index contributed by atoms with van der Waals surface area (Å²) in [6.45, 7) is 4.21. The average molecular weight is 192 g/mol. The number of hydrogen-bond acceptors (Lipinski definition) is 2. The second-order valence-electron chi connectivity index (χ2n) is 3.10. The molecule has 0 fully saturated rings. The number of nitrogens with zero attached hydrogens (tertiary/aromatic N) is 2. The predicted molar refractivity (Wildman–Crippen MR) is 60.5 cm³/mol. The first-order valence-corrected chi connectivity index (χ1v) is 7.41. The van der Waals surface area contributed by atoms with Gasteiger partial charge in [-0.25, -0.2) is 4.76 Å². The Morgan fingerprint density at radius 2 is 1.91 bits per heavy atom. The van der Waals surface area contributed by atoms with Gasteiger partial charge in [-0.2, -0.15) is 0 Å². The minimum absolute atomic E-state index is 1.07. The molecule has 0 unspecified atom stereocenters. The van der Waals surface area contributed by atoms with Gasteiger partial charge in [0.15, 0.2) is 5.17 Å². The largest absolute Gasteiger partial charge is 0.357 e. The summed E-state index contributed by atoms with van der Waals surface area (Å²) < 4.78 is 4.53. The Balaban J connectivity index is 4.50. The molecule has 0 aliphatic carbocycles. The highest BCUT2D eigenvalue weighted by molar-refractivity contribution is 8.13. The topological polar surface area (TPSA) is 15.6 Å². The number of rotatable bonds is 1. The molecule has 0 atom stereocenters. The van der Waals surface area contributed by atoms with Crippen LogP contribution >= 0.6 is 18.8 Å². The fraction of sp³-hybridized carbons (Fsp3) is 0.714. The Labute approximate surface area is 74.1 Å². The molecule has 0 aromatic heterocycles. The maximum absolute atomic E-state index is 4.53. The van der Waals surface area contributed by atoms with Crippen LogP contribution in [0.15, 0.2) is 4.76 Å². The summed E-state index contributed by atoms with van der Waals surface area (Å²) in [5, 5.41) is 1.07. The van der Waals surface area contributed by atoms with E-state index < -0.39 is 7.04 Å². The van der Waals surface area contributed by atoms with Crippen LogP contribution in [0.2, 0.25) is 0 Å². The number of thioether (sulfide) groups is 1. The normalized spacial score (nSPS) is 13.4. The van der Waals surface area contributed by atoms with Gasteiger partial charge >= 0.3 is 0 Å². The van der Waals surface area contributed by atoms with E-state index in [1.807, 2.05) is 25.3 Å². The van der Waals surface area contributed by atoms with Gasteiger partial charge in [0.1, 0.15) is 0 Å². The van der Waals surface area contributed by atoms with Gasteiger partial charge in [0.2, 0.25) is 0 Å². The van der Waals surface area contributed by atoms with E-state index in [-0.39, 0.29) is 0 Å². The van der Waals surface area contributed by atoms with Crippen LogP contribution in [-0.4, -0.2) is 50.0 Å². The Hall–Kier alpha value is 0.120. The SMILES string of the molecule is C=P(C)(C)N=C(SC)N(C)C. The zero-order valence-corrected chi connectivity index (χ0v) is 9.67. The smallest absolute Gasteiger partial charge is 0.161 e. The molecule has 0 spiro atoms.